The molecule has 0 aliphatic carbocycles. The van der Waals surface area contributed by atoms with Crippen LogP contribution >= 0.6 is 11.6 Å². The van der Waals surface area contributed by atoms with Crippen molar-refractivity contribution in [2.45, 2.75) is 11.4 Å². The SMILES string of the molecule is O=S1(=O)c2ccc(Oc3cccnc3)cc2CN1c1ccc(Cl)cc1. The molecule has 0 saturated carbocycles. The molecule has 1 aliphatic heterocycles. The van der Waals surface area contributed by atoms with E-state index in [9.17, 15) is 8.42 Å². The van der Waals surface area contributed by atoms with E-state index in [2.05, 4.69) is 4.98 Å². The number of hydrogen-bond acceptors (Lipinski definition) is 4. The van der Waals surface area contributed by atoms with Crippen molar-refractivity contribution in [1.82, 2.24) is 4.98 Å². The largest absolute Gasteiger partial charge is 0.456 e. The van der Waals surface area contributed by atoms with Gasteiger partial charge in [-0.3, -0.25) is 9.29 Å². The van der Waals surface area contributed by atoms with Gasteiger partial charge in [0.15, 0.2) is 0 Å². The van der Waals surface area contributed by atoms with Crippen molar-refractivity contribution >= 4 is 27.3 Å². The van der Waals surface area contributed by atoms with E-state index in [-0.39, 0.29) is 6.54 Å². The zero-order valence-electron chi connectivity index (χ0n) is 13.0. The first-order chi connectivity index (χ1) is 12.0. The summed E-state index contributed by atoms with van der Waals surface area (Å²) in [5, 5.41) is 0.560. The van der Waals surface area contributed by atoms with E-state index in [1.807, 2.05) is 0 Å². The maximum Gasteiger partial charge on any atom is 0.264 e. The highest BCUT2D eigenvalue weighted by Gasteiger charge is 2.35. The van der Waals surface area contributed by atoms with Gasteiger partial charge in [0.05, 0.1) is 23.3 Å². The van der Waals surface area contributed by atoms with Crippen molar-refractivity contribution in [2.75, 3.05) is 4.31 Å². The van der Waals surface area contributed by atoms with Crippen molar-refractivity contribution in [2.24, 2.45) is 0 Å². The van der Waals surface area contributed by atoms with Crippen LogP contribution in [0.25, 0.3) is 0 Å². The van der Waals surface area contributed by atoms with Gasteiger partial charge >= 0.3 is 0 Å². The summed E-state index contributed by atoms with van der Waals surface area (Å²) < 4.78 is 32.7. The van der Waals surface area contributed by atoms with Crippen molar-refractivity contribution in [1.29, 1.82) is 0 Å². The van der Waals surface area contributed by atoms with Crippen LogP contribution in [0.2, 0.25) is 5.02 Å². The number of fused-ring (bicyclic) bond motifs is 1. The van der Waals surface area contributed by atoms with E-state index >= 15 is 0 Å². The predicted octanol–water partition coefficient (Wildman–Crippen LogP) is 4.24. The fourth-order valence-corrected chi connectivity index (χ4v) is 4.50. The molecule has 0 saturated heterocycles. The third kappa shape index (κ3) is 2.94. The molecule has 0 unspecified atom stereocenters. The van der Waals surface area contributed by atoms with E-state index in [1.165, 1.54) is 4.31 Å². The third-order valence-electron chi connectivity index (χ3n) is 3.90. The van der Waals surface area contributed by atoms with Crippen LogP contribution in [0.4, 0.5) is 5.69 Å². The fourth-order valence-electron chi connectivity index (χ4n) is 2.73. The lowest BCUT2D eigenvalue weighted by Crippen LogP contribution is -2.23. The van der Waals surface area contributed by atoms with Crippen molar-refractivity contribution in [3.8, 4) is 11.5 Å². The maximum absolute atomic E-state index is 12.8. The number of nitrogens with zero attached hydrogens (tertiary/aromatic N) is 2. The van der Waals surface area contributed by atoms with Crippen LogP contribution in [-0.2, 0) is 16.6 Å². The first kappa shape index (κ1) is 15.9. The van der Waals surface area contributed by atoms with E-state index in [0.717, 1.165) is 0 Å². The summed E-state index contributed by atoms with van der Waals surface area (Å²) in [5.41, 5.74) is 1.27. The topological polar surface area (TPSA) is 59.5 Å². The highest BCUT2D eigenvalue weighted by molar-refractivity contribution is 7.93. The lowest BCUT2D eigenvalue weighted by Gasteiger charge is -2.16. The Hall–Kier alpha value is -2.57. The molecule has 3 aromatic rings. The van der Waals surface area contributed by atoms with Crippen LogP contribution < -0.4 is 9.04 Å². The Bertz CT molecular complexity index is 1020. The van der Waals surface area contributed by atoms with Gasteiger partial charge in [-0.1, -0.05) is 11.6 Å². The summed E-state index contributed by atoms with van der Waals surface area (Å²) in [7, 11) is -3.58. The summed E-state index contributed by atoms with van der Waals surface area (Å²) in [6.07, 6.45) is 3.26. The summed E-state index contributed by atoms with van der Waals surface area (Å²) >= 11 is 5.89. The second-order valence-electron chi connectivity index (χ2n) is 5.55. The first-order valence-corrected chi connectivity index (χ1v) is 9.35. The molecule has 0 radical (unpaired) electrons. The number of hydrogen-bond donors (Lipinski definition) is 0. The minimum Gasteiger partial charge on any atom is -0.456 e. The zero-order chi connectivity index (χ0) is 17.4. The van der Waals surface area contributed by atoms with Gasteiger partial charge in [-0.15, -0.1) is 0 Å². The van der Waals surface area contributed by atoms with Crippen molar-refractivity contribution in [3.63, 3.8) is 0 Å². The summed E-state index contributed by atoms with van der Waals surface area (Å²) in [4.78, 5) is 4.29. The van der Waals surface area contributed by atoms with E-state index < -0.39 is 10.0 Å². The quantitative estimate of drug-likeness (QED) is 0.690. The van der Waals surface area contributed by atoms with Crippen molar-refractivity contribution in [3.05, 3.63) is 77.6 Å². The molecule has 0 atom stereocenters. The third-order valence-corrected chi connectivity index (χ3v) is 6.02. The van der Waals surface area contributed by atoms with Gasteiger partial charge < -0.3 is 4.74 Å². The Kier molecular flexibility index (Phi) is 3.86. The zero-order valence-corrected chi connectivity index (χ0v) is 14.5. The number of benzene rings is 2. The Labute approximate surface area is 150 Å². The second kappa shape index (κ2) is 6.06. The summed E-state index contributed by atoms with van der Waals surface area (Å²) in [6.45, 7) is 0.254. The molecular weight excluding hydrogens is 360 g/mol. The molecule has 1 aliphatic rings. The first-order valence-electron chi connectivity index (χ1n) is 7.53. The minimum atomic E-state index is -3.58. The molecule has 2 heterocycles. The van der Waals surface area contributed by atoms with Crippen LogP contribution in [-0.4, -0.2) is 13.4 Å². The molecule has 7 heteroatoms. The summed E-state index contributed by atoms with van der Waals surface area (Å²) in [5.74, 6) is 1.16. The number of halogens is 1. The number of aromatic nitrogens is 1. The Balaban J connectivity index is 1.67. The molecular formula is C18H13ClN2O3S. The lowest BCUT2D eigenvalue weighted by atomic mass is 10.2. The number of rotatable bonds is 3. The maximum atomic E-state index is 12.8. The monoisotopic (exact) mass is 372 g/mol. The van der Waals surface area contributed by atoms with Gasteiger partial charge in [0.25, 0.3) is 10.0 Å². The Morgan fingerprint density at radius 2 is 1.84 bits per heavy atom. The number of sulfonamides is 1. The second-order valence-corrected chi connectivity index (χ2v) is 7.82. The minimum absolute atomic E-state index is 0.254. The lowest BCUT2D eigenvalue weighted by molar-refractivity contribution is 0.479. The molecule has 4 rings (SSSR count). The molecule has 5 nitrogen and oxygen atoms in total. The van der Waals surface area contributed by atoms with Gasteiger partial charge in [-0.25, -0.2) is 8.42 Å². The molecule has 126 valence electrons. The average Bonchev–Trinajstić information content (AvgIpc) is 2.87. The molecule has 0 bridgehead atoms. The Morgan fingerprint density at radius 3 is 2.56 bits per heavy atom. The normalized spacial score (nSPS) is 15.0. The van der Waals surface area contributed by atoms with Crippen LogP contribution in [0.3, 0.4) is 0 Å². The molecule has 25 heavy (non-hydrogen) atoms. The highest BCUT2D eigenvalue weighted by Crippen LogP contribution is 2.37. The molecule has 2 aromatic carbocycles. The van der Waals surface area contributed by atoms with Gasteiger partial charge in [-0.2, -0.15) is 0 Å². The Morgan fingerprint density at radius 1 is 1.04 bits per heavy atom. The number of ether oxygens (including phenoxy) is 1. The fraction of sp³-hybridized carbons (Fsp3) is 0.0556. The van der Waals surface area contributed by atoms with E-state index in [1.54, 1.807) is 67.0 Å². The predicted molar refractivity (Wildman–Crippen MR) is 95.6 cm³/mol. The van der Waals surface area contributed by atoms with Gasteiger partial charge in [0.1, 0.15) is 11.5 Å². The average molecular weight is 373 g/mol. The molecule has 0 N–H and O–H groups in total. The van der Waals surface area contributed by atoms with Crippen LogP contribution in [0.15, 0.2) is 71.9 Å². The molecule has 0 fully saturated rings. The van der Waals surface area contributed by atoms with Crippen LogP contribution in [0.5, 0.6) is 11.5 Å². The smallest absolute Gasteiger partial charge is 0.264 e. The van der Waals surface area contributed by atoms with Crippen molar-refractivity contribution < 1.29 is 13.2 Å². The number of anilines is 1. The highest BCUT2D eigenvalue weighted by atomic mass is 35.5. The van der Waals surface area contributed by atoms with Crippen LogP contribution in [0, 0.1) is 0 Å². The van der Waals surface area contributed by atoms with Gasteiger partial charge in [0, 0.05) is 11.2 Å². The van der Waals surface area contributed by atoms with E-state index in [0.29, 0.717) is 32.7 Å². The van der Waals surface area contributed by atoms with Gasteiger partial charge in [-0.05, 0) is 60.2 Å². The number of pyridine rings is 1. The summed E-state index contributed by atoms with van der Waals surface area (Å²) in [6, 6.07) is 15.3. The van der Waals surface area contributed by atoms with Crippen LogP contribution in [0.1, 0.15) is 5.56 Å². The van der Waals surface area contributed by atoms with E-state index in [4.69, 9.17) is 16.3 Å². The molecule has 1 aromatic heterocycles. The van der Waals surface area contributed by atoms with Gasteiger partial charge in [0.2, 0.25) is 0 Å². The molecule has 0 spiro atoms. The molecule has 0 amide bonds. The standard InChI is InChI=1S/C18H13ClN2O3S/c19-14-3-5-15(6-4-14)21-12-13-10-16(7-8-18(13)25(21,22)23)24-17-2-1-9-20-11-17/h1-11H,12H2.